The van der Waals surface area contributed by atoms with Gasteiger partial charge in [-0.15, -0.1) is 0 Å². The average Bonchev–Trinajstić information content (AvgIpc) is 2.30. The van der Waals surface area contributed by atoms with Crippen LogP contribution in [0.2, 0.25) is 0 Å². The standard InChI is InChI=1S/C13H20N2O/c1-3-13(12-7-5-4-6-8-12)15-10-9-14-11(2)16/h4-8,13,15H,3,9-10H2,1-2H3,(H,14,16). The third kappa shape index (κ3) is 4.45. The maximum Gasteiger partial charge on any atom is 0.216 e. The minimum atomic E-state index is 0.0227. The van der Waals surface area contributed by atoms with E-state index in [1.807, 2.05) is 18.2 Å². The lowest BCUT2D eigenvalue weighted by molar-refractivity contribution is -0.118. The molecule has 0 bridgehead atoms. The molecule has 0 aliphatic heterocycles. The molecule has 88 valence electrons. The second kappa shape index (κ2) is 7.01. The summed E-state index contributed by atoms with van der Waals surface area (Å²) in [6, 6.07) is 10.7. The molecule has 1 amide bonds. The van der Waals surface area contributed by atoms with Gasteiger partial charge in [0.1, 0.15) is 0 Å². The van der Waals surface area contributed by atoms with Crippen molar-refractivity contribution >= 4 is 5.91 Å². The van der Waals surface area contributed by atoms with Crippen LogP contribution < -0.4 is 10.6 Å². The van der Waals surface area contributed by atoms with Gasteiger partial charge in [-0.1, -0.05) is 37.3 Å². The molecule has 1 unspecified atom stereocenters. The van der Waals surface area contributed by atoms with Crippen molar-refractivity contribution in [2.45, 2.75) is 26.3 Å². The van der Waals surface area contributed by atoms with Gasteiger partial charge in [0.05, 0.1) is 0 Å². The smallest absolute Gasteiger partial charge is 0.216 e. The predicted octanol–water partition coefficient (Wildman–Crippen LogP) is 1.86. The van der Waals surface area contributed by atoms with E-state index in [1.54, 1.807) is 0 Å². The first-order valence-electron chi connectivity index (χ1n) is 5.76. The van der Waals surface area contributed by atoms with Crippen molar-refractivity contribution in [3.05, 3.63) is 35.9 Å². The van der Waals surface area contributed by atoms with Gasteiger partial charge in [-0.2, -0.15) is 0 Å². The summed E-state index contributed by atoms with van der Waals surface area (Å²) in [5.74, 6) is 0.0227. The van der Waals surface area contributed by atoms with Crippen LogP contribution in [0.25, 0.3) is 0 Å². The molecule has 2 N–H and O–H groups in total. The number of carbonyl (C=O) groups excluding carboxylic acids is 1. The van der Waals surface area contributed by atoms with E-state index in [9.17, 15) is 4.79 Å². The number of benzene rings is 1. The number of nitrogens with one attached hydrogen (secondary N) is 2. The molecule has 1 aromatic carbocycles. The second-order valence-electron chi connectivity index (χ2n) is 3.81. The van der Waals surface area contributed by atoms with E-state index in [2.05, 4.69) is 29.7 Å². The topological polar surface area (TPSA) is 41.1 Å². The highest BCUT2D eigenvalue weighted by Crippen LogP contribution is 2.14. The van der Waals surface area contributed by atoms with E-state index < -0.39 is 0 Å². The quantitative estimate of drug-likeness (QED) is 0.718. The summed E-state index contributed by atoms with van der Waals surface area (Å²) in [6.07, 6.45) is 1.05. The molecule has 3 heteroatoms. The summed E-state index contributed by atoms with van der Waals surface area (Å²) in [5, 5.41) is 6.20. The van der Waals surface area contributed by atoms with Gasteiger partial charge in [0, 0.05) is 26.1 Å². The summed E-state index contributed by atoms with van der Waals surface area (Å²) in [6.45, 7) is 5.17. The Morgan fingerprint density at radius 1 is 1.25 bits per heavy atom. The monoisotopic (exact) mass is 220 g/mol. The molecule has 0 radical (unpaired) electrons. The normalized spacial score (nSPS) is 12.1. The Morgan fingerprint density at radius 2 is 1.94 bits per heavy atom. The fourth-order valence-electron chi connectivity index (χ4n) is 1.67. The first-order valence-corrected chi connectivity index (χ1v) is 5.76. The Kier molecular flexibility index (Phi) is 5.57. The molecule has 0 spiro atoms. The van der Waals surface area contributed by atoms with E-state index in [0.717, 1.165) is 13.0 Å². The van der Waals surface area contributed by atoms with Gasteiger partial charge in [-0.3, -0.25) is 4.79 Å². The summed E-state index contributed by atoms with van der Waals surface area (Å²) in [4.78, 5) is 10.7. The zero-order valence-electron chi connectivity index (χ0n) is 9.99. The number of carbonyl (C=O) groups is 1. The van der Waals surface area contributed by atoms with Crippen LogP contribution in [0.3, 0.4) is 0 Å². The Hall–Kier alpha value is -1.35. The molecule has 1 aromatic rings. The highest BCUT2D eigenvalue weighted by molar-refractivity contribution is 5.72. The van der Waals surface area contributed by atoms with Crippen molar-refractivity contribution < 1.29 is 4.79 Å². The van der Waals surface area contributed by atoms with Crippen molar-refractivity contribution in [2.24, 2.45) is 0 Å². The predicted molar refractivity (Wildman–Crippen MR) is 66.2 cm³/mol. The fraction of sp³-hybridized carbons (Fsp3) is 0.462. The van der Waals surface area contributed by atoms with Crippen molar-refractivity contribution in [3.8, 4) is 0 Å². The average molecular weight is 220 g/mol. The number of hydrogen-bond acceptors (Lipinski definition) is 2. The number of amides is 1. The molecule has 1 atom stereocenters. The van der Waals surface area contributed by atoms with Gasteiger partial charge in [0.25, 0.3) is 0 Å². The van der Waals surface area contributed by atoms with Gasteiger partial charge in [0.2, 0.25) is 5.91 Å². The van der Waals surface area contributed by atoms with Crippen LogP contribution >= 0.6 is 0 Å². The highest BCUT2D eigenvalue weighted by atomic mass is 16.1. The fourth-order valence-corrected chi connectivity index (χ4v) is 1.67. The molecular formula is C13H20N2O. The first kappa shape index (κ1) is 12.7. The summed E-state index contributed by atoms with van der Waals surface area (Å²) in [7, 11) is 0. The molecule has 0 saturated carbocycles. The molecule has 0 heterocycles. The molecule has 0 saturated heterocycles. The lowest BCUT2D eigenvalue weighted by Gasteiger charge is -2.17. The second-order valence-corrected chi connectivity index (χ2v) is 3.81. The van der Waals surface area contributed by atoms with Crippen LogP contribution in [0.1, 0.15) is 31.9 Å². The van der Waals surface area contributed by atoms with Gasteiger partial charge >= 0.3 is 0 Å². The minimum Gasteiger partial charge on any atom is -0.355 e. The summed E-state index contributed by atoms with van der Waals surface area (Å²) in [5.41, 5.74) is 1.30. The Morgan fingerprint density at radius 3 is 2.50 bits per heavy atom. The summed E-state index contributed by atoms with van der Waals surface area (Å²) >= 11 is 0. The zero-order valence-corrected chi connectivity index (χ0v) is 9.99. The number of hydrogen-bond donors (Lipinski definition) is 2. The van der Waals surface area contributed by atoms with Gasteiger partial charge in [0.15, 0.2) is 0 Å². The van der Waals surface area contributed by atoms with Crippen LogP contribution in [0.5, 0.6) is 0 Å². The van der Waals surface area contributed by atoms with Crippen LogP contribution in [-0.4, -0.2) is 19.0 Å². The molecule has 0 aliphatic carbocycles. The highest BCUT2D eigenvalue weighted by Gasteiger charge is 2.06. The minimum absolute atomic E-state index is 0.0227. The SMILES string of the molecule is CCC(NCCNC(C)=O)c1ccccc1. The van der Waals surface area contributed by atoms with E-state index in [-0.39, 0.29) is 5.91 Å². The van der Waals surface area contributed by atoms with E-state index in [0.29, 0.717) is 12.6 Å². The Balaban J connectivity index is 2.35. The maximum absolute atomic E-state index is 10.7. The van der Waals surface area contributed by atoms with Crippen LogP contribution in [-0.2, 0) is 4.79 Å². The van der Waals surface area contributed by atoms with Crippen molar-refractivity contribution in [2.75, 3.05) is 13.1 Å². The lowest BCUT2D eigenvalue weighted by Crippen LogP contribution is -2.32. The molecule has 0 aromatic heterocycles. The van der Waals surface area contributed by atoms with Crippen LogP contribution in [0.15, 0.2) is 30.3 Å². The number of rotatable bonds is 6. The molecule has 1 rings (SSSR count). The van der Waals surface area contributed by atoms with Crippen LogP contribution in [0, 0.1) is 0 Å². The van der Waals surface area contributed by atoms with E-state index >= 15 is 0 Å². The van der Waals surface area contributed by atoms with Crippen LogP contribution in [0.4, 0.5) is 0 Å². The zero-order chi connectivity index (χ0) is 11.8. The van der Waals surface area contributed by atoms with Gasteiger partial charge in [-0.25, -0.2) is 0 Å². The Labute approximate surface area is 97.2 Å². The third-order valence-corrected chi connectivity index (χ3v) is 2.50. The van der Waals surface area contributed by atoms with Gasteiger partial charge < -0.3 is 10.6 Å². The third-order valence-electron chi connectivity index (χ3n) is 2.50. The molecule has 16 heavy (non-hydrogen) atoms. The first-order chi connectivity index (χ1) is 7.74. The van der Waals surface area contributed by atoms with Crippen molar-refractivity contribution in [3.63, 3.8) is 0 Å². The van der Waals surface area contributed by atoms with E-state index in [1.165, 1.54) is 12.5 Å². The Bertz CT molecular complexity index is 311. The molecule has 3 nitrogen and oxygen atoms in total. The molecular weight excluding hydrogens is 200 g/mol. The summed E-state index contributed by atoms with van der Waals surface area (Å²) < 4.78 is 0. The molecule has 0 fully saturated rings. The largest absolute Gasteiger partial charge is 0.355 e. The van der Waals surface area contributed by atoms with Crippen molar-refractivity contribution in [1.82, 2.24) is 10.6 Å². The van der Waals surface area contributed by atoms with Gasteiger partial charge in [-0.05, 0) is 12.0 Å². The lowest BCUT2D eigenvalue weighted by atomic mass is 10.0. The van der Waals surface area contributed by atoms with Crippen molar-refractivity contribution in [1.29, 1.82) is 0 Å². The van der Waals surface area contributed by atoms with E-state index in [4.69, 9.17) is 0 Å². The molecule has 0 aliphatic rings. The maximum atomic E-state index is 10.7.